The number of hydrogen-bond acceptors (Lipinski definition) is 5. The third-order valence-corrected chi connectivity index (χ3v) is 2.68. The summed E-state index contributed by atoms with van der Waals surface area (Å²) in [5.41, 5.74) is 4.28. The van der Waals surface area contributed by atoms with E-state index in [4.69, 9.17) is 10.3 Å². The fourth-order valence-electron chi connectivity index (χ4n) is 1.71. The predicted octanol–water partition coefficient (Wildman–Crippen LogP) is 1.24. The van der Waals surface area contributed by atoms with Crippen molar-refractivity contribution in [3.05, 3.63) is 47.7 Å². The zero-order valence-corrected chi connectivity index (χ0v) is 10.6. The highest BCUT2D eigenvalue weighted by Crippen LogP contribution is 2.14. The molecule has 0 aliphatic rings. The van der Waals surface area contributed by atoms with Crippen molar-refractivity contribution in [1.29, 1.82) is 0 Å². The van der Waals surface area contributed by atoms with Gasteiger partial charge >= 0.3 is 0 Å². The molecule has 4 N–H and O–H groups in total. The molecule has 2 heterocycles. The van der Waals surface area contributed by atoms with E-state index in [-0.39, 0.29) is 5.91 Å². The van der Waals surface area contributed by atoms with Crippen molar-refractivity contribution in [3.63, 3.8) is 0 Å². The lowest BCUT2D eigenvalue weighted by molar-refractivity contribution is 0.0954. The minimum Gasteiger partial charge on any atom is -0.469 e. The number of amides is 1. The monoisotopic (exact) mass is 260 g/mol. The summed E-state index contributed by atoms with van der Waals surface area (Å²) in [5.74, 6) is 6.01. The number of aromatic nitrogens is 1. The molecule has 0 aliphatic heterocycles. The van der Waals surface area contributed by atoms with Gasteiger partial charge in [0.2, 0.25) is 0 Å². The average Bonchev–Trinajstić information content (AvgIpc) is 2.91. The zero-order chi connectivity index (χ0) is 13.7. The molecule has 2 aromatic rings. The molecule has 19 heavy (non-hydrogen) atoms. The molecule has 2 rings (SSSR count). The highest BCUT2D eigenvalue weighted by Gasteiger charge is 2.11. The number of anilines is 1. The minimum absolute atomic E-state index is 0.216. The van der Waals surface area contributed by atoms with Crippen LogP contribution in [0.4, 0.5) is 5.69 Å². The van der Waals surface area contributed by atoms with Crippen LogP contribution in [-0.4, -0.2) is 17.4 Å². The van der Waals surface area contributed by atoms with Crippen molar-refractivity contribution in [2.45, 2.75) is 13.3 Å². The Kier molecular flexibility index (Phi) is 4.15. The maximum Gasteiger partial charge on any atom is 0.255 e. The average molecular weight is 260 g/mol. The summed E-state index contributed by atoms with van der Waals surface area (Å²) in [6, 6.07) is 5.41. The lowest BCUT2D eigenvalue weighted by Gasteiger charge is -2.09. The minimum atomic E-state index is -0.216. The number of hydrazine groups is 1. The van der Waals surface area contributed by atoms with Crippen molar-refractivity contribution < 1.29 is 9.21 Å². The SMILES string of the molecule is Cc1cc(NN)c(C(=O)NCCc2ccco2)cn1. The van der Waals surface area contributed by atoms with Crippen molar-refractivity contribution >= 4 is 11.6 Å². The number of nitrogen functional groups attached to an aromatic ring is 1. The van der Waals surface area contributed by atoms with Crippen LogP contribution in [0.25, 0.3) is 0 Å². The number of carbonyl (C=O) groups is 1. The summed E-state index contributed by atoms with van der Waals surface area (Å²) in [5, 5.41) is 2.80. The smallest absolute Gasteiger partial charge is 0.255 e. The molecule has 0 aliphatic carbocycles. The molecular weight excluding hydrogens is 244 g/mol. The third kappa shape index (κ3) is 3.32. The lowest BCUT2D eigenvalue weighted by atomic mass is 10.2. The number of aryl methyl sites for hydroxylation is 1. The molecule has 0 bridgehead atoms. The van der Waals surface area contributed by atoms with Crippen LogP contribution < -0.4 is 16.6 Å². The van der Waals surface area contributed by atoms with Crippen LogP contribution in [0.15, 0.2) is 35.1 Å². The van der Waals surface area contributed by atoms with E-state index in [2.05, 4.69) is 15.7 Å². The van der Waals surface area contributed by atoms with E-state index in [0.29, 0.717) is 24.2 Å². The molecule has 6 heteroatoms. The molecule has 0 saturated heterocycles. The van der Waals surface area contributed by atoms with E-state index >= 15 is 0 Å². The topological polar surface area (TPSA) is 93.2 Å². The number of nitrogens with one attached hydrogen (secondary N) is 2. The molecule has 2 aromatic heterocycles. The summed E-state index contributed by atoms with van der Waals surface area (Å²) >= 11 is 0. The van der Waals surface area contributed by atoms with Crippen LogP contribution in [0.1, 0.15) is 21.8 Å². The molecule has 0 aromatic carbocycles. The van der Waals surface area contributed by atoms with Crippen molar-refractivity contribution in [2.75, 3.05) is 12.0 Å². The highest BCUT2D eigenvalue weighted by atomic mass is 16.3. The Hall–Kier alpha value is -2.34. The second-order valence-electron chi connectivity index (χ2n) is 4.10. The van der Waals surface area contributed by atoms with Crippen LogP contribution in [0.3, 0.4) is 0 Å². The molecule has 100 valence electrons. The summed E-state index contributed by atoms with van der Waals surface area (Å²) in [6.07, 6.45) is 3.76. The summed E-state index contributed by atoms with van der Waals surface area (Å²) in [7, 11) is 0. The summed E-state index contributed by atoms with van der Waals surface area (Å²) < 4.78 is 5.19. The van der Waals surface area contributed by atoms with Crippen LogP contribution in [0.5, 0.6) is 0 Å². The Morgan fingerprint density at radius 2 is 2.37 bits per heavy atom. The van der Waals surface area contributed by atoms with Gasteiger partial charge in [0.25, 0.3) is 5.91 Å². The van der Waals surface area contributed by atoms with Gasteiger partial charge in [-0.3, -0.25) is 15.6 Å². The first-order valence-electron chi connectivity index (χ1n) is 5.94. The van der Waals surface area contributed by atoms with E-state index in [1.54, 1.807) is 12.3 Å². The van der Waals surface area contributed by atoms with Gasteiger partial charge in [0.15, 0.2) is 0 Å². The van der Waals surface area contributed by atoms with Gasteiger partial charge in [0, 0.05) is 24.9 Å². The molecule has 0 atom stereocenters. The standard InChI is InChI=1S/C13H16N4O2/c1-9-7-12(17-14)11(8-16-9)13(18)15-5-4-10-3-2-6-19-10/h2-3,6-8H,4-5,14H2,1H3,(H,15,18)(H,16,17). The molecule has 6 nitrogen and oxygen atoms in total. The van der Waals surface area contributed by atoms with Crippen molar-refractivity contribution in [1.82, 2.24) is 10.3 Å². The number of carbonyl (C=O) groups excluding carboxylic acids is 1. The van der Waals surface area contributed by atoms with Gasteiger partial charge in [-0.1, -0.05) is 0 Å². The normalized spacial score (nSPS) is 10.2. The van der Waals surface area contributed by atoms with Gasteiger partial charge < -0.3 is 15.2 Å². The van der Waals surface area contributed by atoms with E-state index in [1.165, 1.54) is 6.20 Å². The molecular formula is C13H16N4O2. The Morgan fingerprint density at radius 1 is 1.53 bits per heavy atom. The number of rotatable bonds is 5. The van der Waals surface area contributed by atoms with E-state index in [0.717, 1.165) is 11.5 Å². The van der Waals surface area contributed by atoms with Crippen LogP contribution >= 0.6 is 0 Å². The van der Waals surface area contributed by atoms with Crippen molar-refractivity contribution in [2.24, 2.45) is 5.84 Å². The maximum atomic E-state index is 12.0. The zero-order valence-electron chi connectivity index (χ0n) is 10.6. The quantitative estimate of drug-likeness (QED) is 0.555. The Labute approximate surface area is 111 Å². The Bertz CT molecular complexity index is 552. The number of hydrogen-bond donors (Lipinski definition) is 3. The van der Waals surface area contributed by atoms with Crippen LogP contribution in [0.2, 0.25) is 0 Å². The fourth-order valence-corrected chi connectivity index (χ4v) is 1.71. The number of furan rings is 1. The first-order valence-corrected chi connectivity index (χ1v) is 5.94. The summed E-state index contributed by atoms with van der Waals surface area (Å²) in [6.45, 7) is 2.32. The molecule has 0 spiro atoms. The van der Waals surface area contributed by atoms with Gasteiger partial charge in [-0.25, -0.2) is 0 Å². The van der Waals surface area contributed by atoms with Gasteiger partial charge in [0.1, 0.15) is 5.76 Å². The largest absolute Gasteiger partial charge is 0.469 e. The van der Waals surface area contributed by atoms with Gasteiger partial charge in [-0.15, -0.1) is 0 Å². The number of nitrogens with two attached hydrogens (primary N) is 1. The second kappa shape index (κ2) is 6.01. The number of pyridine rings is 1. The Balaban J connectivity index is 1.96. The first-order chi connectivity index (χ1) is 9.20. The molecule has 0 saturated carbocycles. The Morgan fingerprint density at radius 3 is 3.05 bits per heavy atom. The molecule has 0 unspecified atom stereocenters. The molecule has 0 radical (unpaired) electrons. The van der Waals surface area contributed by atoms with Gasteiger partial charge in [-0.2, -0.15) is 0 Å². The lowest BCUT2D eigenvalue weighted by Crippen LogP contribution is -2.27. The molecule has 1 amide bonds. The van der Waals surface area contributed by atoms with E-state index in [1.807, 2.05) is 19.1 Å². The van der Waals surface area contributed by atoms with Gasteiger partial charge in [-0.05, 0) is 25.1 Å². The van der Waals surface area contributed by atoms with Crippen LogP contribution in [0, 0.1) is 6.92 Å². The first kappa shape index (κ1) is 13.1. The third-order valence-electron chi connectivity index (χ3n) is 2.68. The van der Waals surface area contributed by atoms with Crippen molar-refractivity contribution in [3.8, 4) is 0 Å². The second-order valence-corrected chi connectivity index (χ2v) is 4.10. The predicted molar refractivity (Wildman–Crippen MR) is 71.5 cm³/mol. The van der Waals surface area contributed by atoms with E-state index < -0.39 is 0 Å². The number of nitrogens with zero attached hydrogens (tertiary/aromatic N) is 1. The fraction of sp³-hybridized carbons (Fsp3) is 0.231. The summed E-state index contributed by atoms with van der Waals surface area (Å²) in [4.78, 5) is 16.1. The van der Waals surface area contributed by atoms with Gasteiger partial charge in [0.05, 0.1) is 17.5 Å². The maximum absolute atomic E-state index is 12.0. The van der Waals surface area contributed by atoms with Crippen LogP contribution in [-0.2, 0) is 6.42 Å². The molecule has 0 fully saturated rings. The highest BCUT2D eigenvalue weighted by molar-refractivity contribution is 5.99. The van der Waals surface area contributed by atoms with E-state index in [9.17, 15) is 4.79 Å².